The first-order valence-corrected chi connectivity index (χ1v) is 11.1. The maximum atomic E-state index is 12.7. The molecule has 2 heterocycles. The molecule has 1 aromatic heterocycles. The lowest BCUT2D eigenvalue weighted by Crippen LogP contribution is -2.37. The van der Waals surface area contributed by atoms with Gasteiger partial charge >= 0.3 is 0 Å². The van der Waals surface area contributed by atoms with Crippen LogP contribution in [0.25, 0.3) is 11.4 Å². The van der Waals surface area contributed by atoms with Gasteiger partial charge in [-0.1, -0.05) is 40.5 Å². The Bertz CT molecular complexity index is 1140. The second-order valence-corrected chi connectivity index (χ2v) is 8.66. The topological polar surface area (TPSA) is 88.3 Å². The number of anilines is 1. The minimum atomic E-state index is -0.0849. The lowest BCUT2D eigenvalue weighted by Gasteiger charge is -2.30. The van der Waals surface area contributed by atoms with E-state index in [0.717, 1.165) is 25.9 Å². The molecule has 166 valence electrons. The summed E-state index contributed by atoms with van der Waals surface area (Å²) < 4.78 is 5.39. The fourth-order valence-electron chi connectivity index (χ4n) is 3.70. The molecule has 32 heavy (non-hydrogen) atoms. The van der Waals surface area contributed by atoms with Crippen LogP contribution in [0.5, 0.6) is 0 Å². The van der Waals surface area contributed by atoms with Gasteiger partial charge in [0.25, 0.3) is 0 Å². The quantitative estimate of drug-likeness (QED) is 0.502. The Balaban J connectivity index is 1.30. The maximum absolute atomic E-state index is 12.7. The normalized spacial score (nSPS) is 15.0. The molecule has 0 bridgehead atoms. The smallest absolute Gasteiger partial charge is 0.241 e. The van der Waals surface area contributed by atoms with Crippen molar-refractivity contribution >= 4 is 40.6 Å². The molecular formula is C23H22Cl2N4O3. The van der Waals surface area contributed by atoms with Crippen molar-refractivity contribution in [1.82, 2.24) is 15.0 Å². The predicted molar refractivity (Wildman–Crippen MR) is 123 cm³/mol. The summed E-state index contributed by atoms with van der Waals surface area (Å²) in [6.45, 7) is 3.50. The zero-order valence-electron chi connectivity index (χ0n) is 17.5. The number of carbonyl (C=O) groups is 2. The molecule has 2 aromatic carbocycles. The molecule has 1 N–H and O–H groups in total. The molecule has 1 aliphatic heterocycles. The molecule has 1 aliphatic rings. The van der Waals surface area contributed by atoms with Crippen molar-refractivity contribution in [2.45, 2.75) is 26.3 Å². The van der Waals surface area contributed by atoms with E-state index in [2.05, 4.69) is 20.4 Å². The van der Waals surface area contributed by atoms with Gasteiger partial charge in [-0.2, -0.15) is 4.98 Å². The molecule has 0 radical (unpaired) electrons. The first-order valence-electron chi connectivity index (χ1n) is 10.3. The number of halogens is 2. The van der Waals surface area contributed by atoms with Crippen LogP contribution in [0.4, 0.5) is 5.69 Å². The number of carbonyl (C=O) groups excluding carboxylic acids is 2. The van der Waals surface area contributed by atoms with E-state index in [1.165, 1.54) is 6.92 Å². The summed E-state index contributed by atoms with van der Waals surface area (Å²) in [5.41, 5.74) is 1.89. The van der Waals surface area contributed by atoms with Crippen LogP contribution in [-0.4, -0.2) is 39.8 Å². The predicted octanol–water partition coefficient (Wildman–Crippen LogP) is 5.10. The summed E-state index contributed by atoms with van der Waals surface area (Å²) in [6, 6.07) is 12.1. The largest absolute Gasteiger partial charge is 0.338 e. The van der Waals surface area contributed by atoms with E-state index in [9.17, 15) is 9.59 Å². The van der Waals surface area contributed by atoms with Gasteiger partial charge in [-0.25, -0.2) is 0 Å². The van der Waals surface area contributed by atoms with Crippen molar-refractivity contribution in [3.8, 4) is 11.4 Å². The fraction of sp³-hybridized carbons (Fsp3) is 0.304. The number of piperidine rings is 1. The zero-order valence-corrected chi connectivity index (χ0v) is 19.0. The Morgan fingerprint density at radius 3 is 2.66 bits per heavy atom. The van der Waals surface area contributed by atoms with Gasteiger partial charge in [-0.15, -0.1) is 0 Å². The minimum absolute atomic E-state index is 0.0252. The number of ketones is 1. The van der Waals surface area contributed by atoms with E-state index in [-0.39, 0.29) is 17.6 Å². The molecule has 1 fully saturated rings. The molecule has 0 atom stereocenters. The molecule has 4 rings (SSSR count). The van der Waals surface area contributed by atoms with Gasteiger partial charge in [0.05, 0.1) is 11.6 Å². The third kappa shape index (κ3) is 5.35. The molecule has 7 nitrogen and oxygen atoms in total. The number of rotatable bonds is 6. The second-order valence-electron chi connectivity index (χ2n) is 7.81. The van der Waals surface area contributed by atoms with Crippen molar-refractivity contribution in [3.63, 3.8) is 0 Å². The summed E-state index contributed by atoms with van der Waals surface area (Å²) in [4.78, 5) is 30.8. The number of likely N-dealkylation sites (tertiary alicyclic amines) is 1. The second kappa shape index (κ2) is 9.81. The molecular weight excluding hydrogens is 451 g/mol. The van der Waals surface area contributed by atoms with E-state index in [1.54, 1.807) is 42.5 Å². The van der Waals surface area contributed by atoms with Crippen molar-refractivity contribution < 1.29 is 14.1 Å². The SMILES string of the molecule is CC(=O)c1cccc(NC(=O)C2CCN(Cc3nc(-c4ccc(Cl)cc4Cl)no3)CC2)c1. The van der Waals surface area contributed by atoms with Crippen molar-refractivity contribution in [2.75, 3.05) is 18.4 Å². The Hall–Kier alpha value is -2.74. The number of hydrogen-bond donors (Lipinski definition) is 1. The molecule has 0 saturated carbocycles. The molecule has 3 aromatic rings. The van der Waals surface area contributed by atoms with Gasteiger partial charge in [-0.3, -0.25) is 14.5 Å². The summed E-state index contributed by atoms with van der Waals surface area (Å²) in [5, 5.41) is 7.96. The van der Waals surface area contributed by atoms with Crippen molar-refractivity contribution in [1.29, 1.82) is 0 Å². The van der Waals surface area contributed by atoms with Crippen LogP contribution in [0.15, 0.2) is 47.0 Å². The van der Waals surface area contributed by atoms with Crippen LogP contribution in [0.1, 0.15) is 36.0 Å². The number of aromatic nitrogens is 2. The molecule has 0 spiro atoms. The summed E-state index contributed by atoms with van der Waals surface area (Å²) in [6.07, 6.45) is 1.45. The molecule has 1 saturated heterocycles. The van der Waals surface area contributed by atoms with E-state index in [0.29, 0.717) is 45.1 Å². The van der Waals surface area contributed by atoms with Gasteiger partial charge < -0.3 is 9.84 Å². The average molecular weight is 473 g/mol. The summed E-state index contributed by atoms with van der Waals surface area (Å²) in [7, 11) is 0. The summed E-state index contributed by atoms with van der Waals surface area (Å²) >= 11 is 12.2. The fourth-order valence-corrected chi connectivity index (χ4v) is 4.20. The number of Topliss-reactive ketones (excluding diaryl/α,β-unsaturated/α-hetero) is 1. The van der Waals surface area contributed by atoms with Crippen LogP contribution in [-0.2, 0) is 11.3 Å². The Labute approximate surface area is 195 Å². The standard InChI is InChI=1S/C23H22Cl2N4O3/c1-14(30)16-3-2-4-18(11-16)26-23(31)15-7-9-29(10-8-15)13-21-27-22(28-32-21)19-6-5-17(24)12-20(19)25/h2-6,11-12,15H,7-10,13H2,1H3,(H,26,31). The van der Waals surface area contributed by atoms with Crippen LogP contribution >= 0.6 is 23.2 Å². The third-order valence-corrected chi connectivity index (χ3v) is 6.04. The number of hydrogen-bond acceptors (Lipinski definition) is 6. The van der Waals surface area contributed by atoms with Crippen LogP contribution in [0, 0.1) is 5.92 Å². The van der Waals surface area contributed by atoms with Gasteiger partial charge in [0.15, 0.2) is 5.78 Å². The molecule has 0 unspecified atom stereocenters. The van der Waals surface area contributed by atoms with Gasteiger partial charge in [0.1, 0.15) is 0 Å². The zero-order chi connectivity index (χ0) is 22.7. The van der Waals surface area contributed by atoms with Gasteiger partial charge in [0, 0.05) is 27.8 Å². The highest BCUT2D eigenvalue weighted by Crippen LogP contribution is 2.29. The number of amides is 1. The van der Waals surface area contributed by atoms with Crippen LogP contribution in [0.3, 0.4) is 0 Å². The lowest BCUT2D eigenvalue weighted by atomic mass is 9.95. The highest BCUT2D eigenvalue weighted by Gasteiger charge is 2.26. The minimum Gasteiger partial charge on any atom is -0.338 e. The van der Waals surface area contributed by atoms with E-state index >= 15 is 0 Å². The molecule has 0 aliphatic carbocycles. The Morgan fingerprint density at radius 1 is 1.16 bits per heavy atom. The highest BCUT2D eigenvalue weighted by molar-refractivity contribution is 6.36. The van der Waals surface area contributed by atoms with E-state index in [1.807, 2.05) is 0 Å². The molecule has 1 amide bonds. The molecule has 9 heteroatoms. The van der Waals surface area contributed by atoms with Gasteiger partial charge in [-0.05, 0) is 63.2 Å². The number of nitrogens with one attached hydrogen (secondary N) is 1. The first kappa shape index (κ1) is 22.5. The summed E-state index contributed by atoms with van der Waals surface area (Å²) in [5.74, 6) is 0.775. The number of benzene rings is 2. The third-order valence-electron chi connectivity index (χ3n) is 5.49. The van der Waals surface area contributed by atoms with Crippen LogP contribution in [0.2, 0.25) is 10.0 Å². The van der Waals surface area contributed by atoms with Gasteiger partial charge in [0.2, 0.25) is 17.6 Å². The van der Waals surface area contributed by atoms with E-state index < -0.39 is 0 Å². The monoisotopic (exact) mass is 472 g/mol. The maximum Gasteiger partial charge on any atom is 0.241 e. The Kier molecular flexibility index (Phi) is 6.89. The van der Waals surface area contributed by atoms with Crippen molar-refractivity contribution in [2.24, 2.45) is 5.92 Å². The highest BCUT2D eigenvalue weighted by atomic mass is 35.5. The van der Waals surface area contributed by atoms with Crippen molar-refractivity contribution in [3.05, 3.63) is 64.0 Å². The Morgan fingerprint density at radius 2 is 1.94 bits per heavy atom. The average Bonchev–Trinajstić information content (AvgIpc) is 3.22. The lowest BCUT2D eigenvalue weighted by molar-refractivity contribution is -0.121. The first-order chi connectivity index (χ1) is 15.4. The van der Waals surface area contributed by atoms with E-state index in [4.69, 9.17) is 27.7 Å². The number of nitrogens with zero attached hydrogens (tertiary/aromatic N) is 3. The van der Waals surface area contributed by atoms with Crippen LogP contribution < -0.4 is 5.32 Å².